The molecule has 110 valence electrons. The quantitative estimate of drug-likeness (QED) is 0.867. The van der Waals surface area contributed by atoms with Gasteiger partial charge >= 0.3 is 5.97 Å². The zero-order valence-corrected chi connectivity index (χ0v) is 11.9. The summed E-state index contributed by atoms with van der Waals surface area (Å²) >= 11 is 5.84. The van der Waals surface area contributed by atoms with E-state index in [4.69, 9.17) is 11.6 Å². The van der Waals surface area contributed by atoms with E-state index in [1.807, 2.05) is 0 Å². The lowest BCUT2D eigenvalue weighted by molar-refractivity contribution is 0.0602. The Kier molecular flexibility index (Phi) is 4.75. The largest absolute Gasteiger partial charge is 0.465 e. The molecule has 0 radical (unpaired) electrons. The number of hydrogen-bond acceptors (Lipinski definition) is 3. The second kappa shape index (κ2) is 6.54. The number of halogens is 3. The van der Waals surface area contributed by atoms with Gasteiger partial charge in [-0.3, -0.25) is 0 Å². The second-order valence-corrected chi connectivity index (χ2v) is 4.71. The van der Waals surface area contributed by atoms with Gasteiger partial charge in [-0.15, -0.1) is 0 Å². The number of benzene rings is 2. The van der Waals surface area contributed by atoms with E-state index in [9.17, 15) is 13.6 Å². The maximum Gasteiger partial charge on any atom is 0.340 e. The maximum absolute atomic E-state index is 13.5. The third-order valence-electron chi connectivity index (χ3n) is 2.86. The number of carbonyl (C=O) groups is 1. The fraction of sp³-hybridized carbons (Fsp3) is 0.133. The smallest absolute Gasteiger partial charge is 0.340 e. The van der Waals surface area contributed by atoms with Crippen LogP contribution in [-0.2, 0) is 11.3 Å². The second-order valence-electron chi connectivity index (χ2n) is 4.27. The van der Waals surface area contributed by atoms with Crippen LogP contribution in [0.15, 0.2) is 36.4 Å². The summed E-state index contributed by atoms with van der Waals surface area (Å²) in [5.41, 5.74) is 0.803. The van der Waals surface area contributed by atoms with Crippen molar-refractivity contribution in [3.8, 4) is 0 Å². The van der Waals surface area contributed by atoms with E-state index in [-0.39, 0.29) is 17.7 Å². The molecular weight excluding hydrogens is 300 g/mol. The lowest BCUT2D eigenvalue weighted by Crippen LogP contribution is -2.09. The third-order valence-corrected chi connectivity index (χ3v) is 3.10. The van der Waals surface area contributed by atoms with Gasteiger partial charge in [-0.1, -0.05) is 11.6 Å². The summed E-state index contributed by atoms with van der Waals surface area (Å²) in [4.78, 5) is 11.7. The molecule has 21 heavy (non-hydrogen) atoms. The van der Waals surface area contributed by atoms with Gasteiger partial charge in [0, 0.05) is 22.8 Å². The van der Waals surface area contributed by atoms with Crippen molar-refractivity contribution in [2.75, 3.05) is 12.4 Å². The molecule has 0 bridgehead atoms. The normalized spacial score (nSPS) is 10.3. The molecule has 0 aliphatic rings. The van der Waals surface area contributed by atoms with Gasteiger partial charge < -0.3 is 10.1 Å². The van der Waals surface area contributed by atoms with Crippen molar-refractivity contribution in [2.45, 2.75) is 6.54 Å². The van der Waals surface area contributed by atoms with Crippen LogP contribution in [0.2, 0.25) is 5.02 Å². The first-order valence-electron chi connectivity index (χ1n) is 6.07. The Morgan fingerprint density at radius 3 is 2.71 bits per heavy atom. The van der Waals surface area contributed by atoms with Gasteiger partial charge in [-0.05, 0) is 36.4 Å². The molecule has 0 spiro atoms. The molecule has 2 aromatic rings. The zero-order valence-electron chi connectivity index (χ0n) is 11.1. The number of ether oxygens (including phenoxy) is 1. The van der Waals surface area contributed by atoms with Gasteiger partial charge in [-0.2, -0.15) is 0 Å². The highest BCUT2D eigenvalue weighted by atomic mass is 35.5. The van der Waals surface area contributed by atoms with Crippen molar-refractivity contribution in [1.29, 1.82) is 0 Å². The summed E-state index contributed by atoms with van der Waals surface area (Å²) in [7, 11) is 1.25. The van der Waals surface area contributed by atoms with Gasteiger partial charge in [0.2, 0.25) is 0 Å². The number of hydrogen-bond donors (Lipinski definition) is 1. The molecule has 0 saturated carbocycles. The number of rotatable bonds is 4. The summed E-state index contributed by atoms with van der Waals surface area (Å²) in [6.45, 7) is 0.0230. The van der Waals surface area contributed by atoms with Gasteiger partial charge in [0.1, 0.15) is 11.6 Å². The van der Waals surface area contributed by atoms with Gasteiger partial charge in [-0.25, -0.2) is 13.6 Å². The molecule has 0 atom stereocenters. The lowest BCUT2D eigenvalue weighted by atomic mass is 10.1. The number of anilines is 1. The van der Waals surface area contributed by atoms with E-state index in [0.717, 1.165) is 18.2 Å². The van der Waals surface area contributed by atoms with Crippen molar-refractivity contribution in [2.24, 2.45) is 0 Å². The summed E-state index contributed by atoms with van der Waals surface area (Å²) in [6, 6.07) is 7.79. The first kappa shape index (κ1) is 15.3. The minimum Gasteiger partial charge on any atom is -0.465 e. The molecule has 0 amide bonds. The predicted octanol–water partition coefficient (Wildman–Crippen LogP) is 4.02. The Morgan fingerprint density at radius 2 is 2.00 bits per heavy atom. The summed E-state index contributed by atoms with van der Waals surface area (Å²) < 4.78 is 31.3. The van der Waals surface area contributed by atoms with Crippen LogP contribution in [0.1, 0.15) is 15.9 Å². The average molecular weight is 312 g/mol. The molecule has 0 fully saturated rings. The van der Waals surface area contributed by atoms with Crippen LogP contribution in [0.4, 0.5) is 14.5 Å². The molecule has 6 heteroatoms. The summed E-state index contributed by atoms with van der Waals surface area (Å²) in [6.07, 6.45) is 0. The van der Waals surface area contributed by atoms with Crippen LogP contribution < -0.4 is 5.32 Å². The van der Waals surface area contributed by atoms with Crippen molar-refractivity contribution in [3.63, 3.8) is 0 Å². The summed E-state index contributed by atoms with van der Waals surface area (Å²) in [5, 5.41) is 3.25. The Hall–Kier alpha value is -2.14. The van der Waals surface area contributed by atoms with E-state index < -0.39 is 17.6 Å². The molecule has 0 aliphatic heterocycles. The van der Waals surface area contributed by atoms with E-state index in [0.29, 0.717) is 10.7 Å². The molecule has 3 nitrogen and oxygen atoms in total. The number of nitrogens with one attached hydrogen (secondary N) is 1. The first-order valence-corrected chi connectivity index (χ1v) is 6.44. The highest BCUT2D eigenvalue weighted by Gasteiger charge is 2.13. The van der Waals surface area contributed by atoms with Crippen LogP contribution in [0.5, 0.6) is 0 Å². The van der Waals surface area contributed by atoms with Crippen LogP contribution in [0.3, 0.4) is 0 Å². The van der Waals surface area contributed by atoms with E-state index in [2.05, 4.69) is 10.1 Å². The fourth-order valence-corrected chi connectivity index (χ4v) is 1.99. The molecular formula is C15H12ClF2NO2. The predicted molar refractivity (Wildman–Crippen MR) is 76.5 cm³/mol. The third kappa shape index (κ3) is 3.70. The lowest BCUT2D eigenvalue weighted by Gasteiger charge is -2.12. The van der Waals surface area contributed by atoms with Gasteiger partial charge in [0.15, 0.2) is 0 Å². The van der Waals surface area contributed by atoms with Crippen molar-refractivity contribution in [3.05, 3.63) is 64.2 Å². The van der Waals surface area contributed by atoms with E-state index >= 15 is 0 Å². The highest BCUT2D eigenvalue weighted by Crippen LogP contribution is 2.22. The Labute approximate surface area is 125 Å². The van der Waals surface area contributed by atoms with Gasteiger partial charge in [0.05, 0.1) is 12.7 Å². The first-order chi connectivity index (χ1) is 10.0. The maximum atomic E-state index is 13.5. The van der Waals surface area contributed by atoms with Crippen molar-refractivity contribution >= 4 is 23.3 Å². The Bertz CT molecular complexity index is 677. The topological polar surface area (TPSA) is 38.3 Å². The van der Waals surface area contributed by atoms with E-state index in [1.165, 1.54) is 13.2 Å². The number of esters is 1. The standard InChI is InChI=1S/C15H12ClF2NO2/c1-21-15(20)12-7-10(16)2-5-14(12)19-8-9-6-11(17)3-4-13(9)18/h2-7,19H,8H2,1H3. The van der Waals surface area contributed by atoms with Gasteiger partial charge in [0.25, 0.3) is 0 Å². The molecule has 0 heterocycles. The number of carbonyl (C=O) groups excluding carboxylic acids is 1. The molecule has 0 unspecified atom stereocenters. The summed E-state index contributed by atoms with van der Waals surface area (Å²) in [5.74, 6) is -1.63. The zero-order chi connectivity index (χ0) is 15.4. The molecule has 2 aromatic carbocycles. The average Bonchev–Trinajstić information content (AvgIpc) is 2.48. The van der Waals surface area contributed by atoms with Crippen LogP contribution in [-0.4, -0.2) is 13.1 Å². The Morgan fingerprint density at radius 1 is 1.24 bits per heavy atom. The Balaban J connectivity index is 2.24. The van der Waals surface area contributed by atoms with E-state index in [1.54, 1.807) is 12.1 Å². The van der Waals surface area contributed by atoms with Crippen LogP contribution in [0, 0.1) is 11.6 Å². The minimum atomic E-state index is -0.570. The highest BCUT2D eigenvalue weighted by molar-refractivity contribution is 6.31. The molecule has 0 saturated heterocycles. The minimum absolute atomic E-state index is 0.0230. The number of methoxy groups -OCH3 is 1. The monoisotopic (exact) mass is 311 g/mol. The van der Waals surface area contributed by atoms with Crippen molar-refractivity contribution < 1.29 is 18.3 Å². The molecule has 2 rings (SSSR count). The molecule has 0 aromatic heterocycles. The molecule has 1 N–H and O–H groups in total. The molecule has 0 aliphatic carbocycles. The van der Waals surface area contributed by atoms with Crippen molar-refractivity contribution in [1.82, 2.24) is 0 Å². The van der Waals surface area contributed by atoms with Crippen LogP contribution >= 0.6 is 11.6 Å². The van der Waals surface area contributed by atoms with Crippen LogP contribution in [0.25, 0.3) is 0 Å². The SMILES string of the molecule is COC(=O)c1cc(Cl)ccc1NCc1cc(F)ccc1F. The fourth-order valence-electron chi connectivity index (χ4n) is 1.82.